The summed E-state index contributed by atoms with van der Waals surface area (Å²) in [6.07, 6.45) is 0. The van der Waals surface area contributed by atoms with Gasteiger partial charge in [-0.3, -0.25) is 0 Å². The third-order valence-corrected chi connectivity index (χ3v) is 2.38. The minimum absolute atomic E-state index is 0.284. The second kappa shape index (κ2) is 4.02. The second-order valence-electron chi connectivity index (χ2n) is 3.66. The van der Waals surface area contributed by atoms with E-state index in [-0.39, 0.29) is 5.82 Å². The number of halogens is 1. The number of aromatic nitrogens is 2. The average Bonchev–Trinajstić information content (AvgIpc) is 2.68. The van der Waals surface area contributed by atoms with Crippen LogP contribution in [0.2, 0.25) is 0 Å². The van der Waals surface area contributed by atoms with Crippen molar-refractivity contribution in [3.05, 3.63) is 46.9 Å². The van der Waals surface area contributed by atoms with Crippen molar-refractivity contribution in [1.82, 2.24) is 10.1 Å². The number of hydrogen-bond donors (Lipinski definition) is 1. The lowest BCUT2D eigenvalue weighted by atomic mass is 10.1. The van der Waals surface area contributed by atoms with Gasteiger partial charge in [0.05, 0.1) is 6.04 Å². The molecule has 0 spiro atoms. The van der Waals surface area contributed by atoms with Crippen molar-refractivity contribution in [1.29, 1.82) is 0 Å². The third kappa shape index (κ3) is 1.94. The predicted molar refractivity (Wildman–Crippen MR) is 56.2 cm³/mol. The zero-order chi connectivity index (χ0) is 11.7. The molecule has 2 N–H and O–H groups in total. The van der Waals surface area contributed by atoms with Crippen LogP contribution in [0.3, 0.4) is 0 Å². The molecular weight excluding hydrogens is 209 g/mol. The van der Waals surface area contributed by atoms with Crippen LogP contribution in [0.4, 0.5) is 4.39 Å². The Labute approximate surface area is 92.3 Å². The van der Waals surface area contributed by atoms with Crippen molar-refractivity contribution < 1.29 is 8.91 Å². The van der Waals surface area contributed by atoms with Crippen LogP contribution < -0.4 is 5.73 Å². The highest BCUT2D eigenvalue weighted by Gasteiger charge is 2.15. The number of rotatable bonds is 2. The summed E-state index contributed by atoms with van der Waals surface area (Å²) < 4.78 is 18.2. The molecule has 1 unspecified atom stereocenters. The molecule has 0 fully saturated rings. The van der Waals surface area contributed by atoms with E-state index in [2.05, 4.69) is 10.1 Å². The highest BCUT2D eigenvalue weighted by atomic mass is 19.1. The van der Waals surface area contributed by atoms with Gasteiger partial charge in [-0.2, -0.15) is 4.98 Å². The van der Waals surface area contributed by atoms with Crippen LogP contribution in [-0.2, 0) is 0 Å². The minimum atomic E-state index is -0.562. The van der Waals surface area contributed by atoms with E-state index in [0.29, 0.717) is 22.8 Å². The zero-order valence-electron chi connectivity index (χ0n) is 9.07. The monoisotopic (exact) mass is 221 g/mol. The fourth-order valence-corrected chi connectivity index (χ4v) is 1.39. The molecule has 5 heteroatoms. The van der Waals surface area contributed by atoms with E-state index in [9.17, 15) is 4.39 Å². The van der Waals surface area contributed by atoms with Crippen LogP contribution in [0.15, 0.2) is 22.7 Å². The summed E-state index contributed by atoms with van der Waals surface area (Å²) in [4.78, 5) is 4.01. The Morgan fingerprint density at radius 3 is 2.69 bits per heavy atom. The first-order valence-electron chi connectivity index (χ1n) is 4.90. The Hall–Kier alpha value is -1.75. The van der Waals surface area contributed by atoms with Crippen molar-refractivity contribution in [3.63, 3.8) is 0 Å². The van der Waals surface area contributed by atoms with E-state index in [1.807, 2.05) is 0 Å². The van der Waals surface area contributed by atoms with Gasteiger partial charge < -0.3 is 10.3 Å². The van der Waals surface area contributed by atoms with E-state index < -0.39 is 6.04 Å². The van der Waals surface area contributed by atoms with E-state index >= 15 is 0 Å². The SMILES string of the molecule is Cc1nc(C(N)c2ccc(C)c(F)c2)no1. The Morgan fingerprint density at radius 2 is 2.12 bits per heavy atom. The molecule has 16 heavy (non-hydrogen) atoms. The summed E-state index contributed by atoms with van der Waals surface area (Å²) in [5.41, 5.74) is 7.11. The molecule has 1 aromatic carbocycles. The van der Waals surface area contributed by atoms with Gasteiger partial charge in [0.25, 0.3) is 0 Å². The molecule has 0 aliphatic carbocycles. The molecule has 1 heterocycles. The summed E-state index contributed by atoms with van der Waals surface area (Å²) in [6, 6.07) is 4.27. The van der Waals surface area contributed by atoms with Gasteiger partial charge in [0, 0.05) is 6.92 Å². The van der Waals surface area contributed by atoms with Crippen molar-refractivity contribution in [3.8, 4) is 0 Å². The Morgan fingerprint density at radius 1 is 1.38 bits per heavy atom. The number of hydrogen-bond acceptors (Lipinski definition) is 4. The maximum absolute atomic E-state index is 13.3. The first kappa shape index (κ1) is 10.8. The summed E-state index contributed by atoms with van der Waals surface area (Å²) in [5.74, 6) is 0.520. The first-order chi connectivity index (χ1) is 7.58. The van der Waals surface area contributed by atoms with Crippen molar-refractivity contribution in [2.45, 2.75) is 19.9 Å². The van der Waals surface area contributed by atoms with Crippen molar-refractivity contribution >= 4 is 0 Å². The van der Waals surface area contributed by atoms with Gasteiger partial charge in [-0.25, -0.2) is 4.39 Å². The molecule has 84 valence electrons. The number of nitrogens with two attached hydrogens (primary N) is 1. The third-order valence-electron chi connectivity index (χ3n) is 2.38. The molecule has 4 nitrogen and oxygen atoms in total. The number of benzene rings is 1. The molecule has 1 atom stereocenters. The van der Waals surface area contributed by atoms with Gasteiger partial charge in [-0.1, -0.05) is 17.3 Å². The van der Waals surface area contributed by atoms with Gasteiger partial charge in [0.15, 0.2) is 5.82 Å². The Bertz CT molecular complexity index is 510. The van der Waals surface area contributed by atoms with Crippen LogP contribution >= 0.6 is 0 Å². The molecule has 0 radical (unpaired) electrons. The highest BCUT2D eigenvalue weighted by Crippen LogP contribution is 2.19. The minimum Gasteiger partial charge on any atom is -0.340 e. The number of nitrogens with zero attached hydrogens (tertiary/aromatic N) is 2. The largest absolute Gasteiger partial charge is 0.340 e. The van der Waals surface area contributed by atoms with Crippen LogP contribution in [-0.4, -0.2) is 10.1 Å². The molecule has 0 aliphatic rings. The molecule has 2 aromatic rings. The predicted octanol–water partition coefficient (Wildman–Crippen LogP) is 1.87. The smallest absolute Gasteiger partial charge is 0.223 e. The lowest BCUT2D eigenvalue weighted by Crippen LogP contribution is -2.14. The van der Waals surface area contributed by atoms with E-state index in [0.717, 1.165) is 0 Å². The molecule has 0 saturated carbocycles. The average molecular weight is 221 g/mol. The van der Waals surface area contributed by atoms with Crippen LogP contribution in [0.25, 0.3) is 0 Å². The Balaban J connectivity index is 2.33. The summed E-state index contributed by atoms with van der Waals surface area (Å²) >= 11 is 0. The van der Waals surface area contributed by atoms with Gasteiger partial charge in [-0.15, -0.1) is 0 Å². The standard InChI is InChI=1S/C11H12FN3O/c1-6-3-4-8(5-9(6)12)10(13)11-14-7(2)16-15-11/h3-5,10H,13H2,1-2H3. The van der Waals surface area contributed by atoms with E-state index in [4.69, 9.17) is 10.3 Å². The van der Waals surface area contributed by atoms with E-state index in [1.165, 1.54) is 6.07 Å². The zero-order valence-corrected chi connectivity index (χ0v) is 9.07. The first-order valence-corrected chi connectivity index (χ1v) is 4.90. The molecular formula is C11H12FN3O. The van der Waals surface area contributed by atoms with Crippen LogP contribution in [0, 0.1) is 19.7 Å². The molecule has 0 aliphatic heterocycles. The molecule has 2 rings (SSSR count). The Kier molecular flexibility index (Phi) is 2.70. The fourth-order valence-electron chi connectivity index (χ4n) is 1.39. The topological polar surface area (TPSA) is 64.9 Å². The second-order valence-corrected chi connectivity index (χ2v) is 3.66. The molecule has 0 amide bonds. The summed E-state index contributed by atoms with van der Waals surface area (Å²) in [5, 5.41) is 3.71. The van der Waals surface area contributed by atoms with E-state index in [1.54, 1.807) is 26.0 Å². The molecule has 1 aromatic heterocycles. The molecule has 0 bridgehead atoms. The van der Waals surface area contributed by atoms with Gasteiger partial charge >= 0.3 is 0 Å². The van der Waals surface area contributed by atoms with Crippen molar-refractivity contribution in [2.75, 3.05) is 0 Å². The van der Waals surface area contributed by atoms with Crippen molar-refractivity contribution in [2.24, 2.45) is 5.73 Å². The van der Waals surface area contributed by atoms with Gasteiger partial charge in [0.2, 0.25) is 5.89 Å². The molecule has 0 saturated heterocycles. The normalized spacial score (nSPS) is 12.8. The lowest BCUT2D eigenvalue weighted by molar-refractivity contribution is 0.385. The van der Waals surface area contributed by atoms with Gasteiger partial charge in [0.1, 0.15) is 5.82 Å². The quantitative estimate of drug-likeness (QED) is 0.840. The number of aryl methyl sites for hydroxylation is 2. The maximum Gasteiger partial charge on any atom is 0.223 e. The highest BCUT2D eigenvalue weighted by molar-refractivity contribution is 5.28. The maximum atomic E-state index is 13.3. The van der Waals surface area contributed by atoms with Crippen LogP contribution in [0.1, 0.15) is 28.9 Å². The fraction of sp³-hybridized carbons (Fsp3) is 0.273. The summed E-state index contributed by atoms with van der Waals surface area (Å²) in [6.45, 7) is 3.38. The summed E-state index contributed by atoms with van der Waals surface area (Å²) in [7, 11) is 0. The lowest BCUT2D eigenvalue weighted by Gasteiger charge is -2.08. The van der Waals surface area contributed by atoms with Gasteiger partial charge in [-0.05, 0) is 24.1 Å². The van der Waals surface area contributed by atoms with Crippen LogP contribution in [0.5, 0.6) is 0 Å².